The molecule has 0 atom stereocenters. The molecule has 0 aliphatic rings. The van der Waals surface area contributed by atoms with Gasteiger partial charge in [0.25, 0.3) is 6.01 Å². The van der Waals surface area contributed by atoms with E-state index >= 15 is 0 Å². The second kappa shape index (κ2) is 5.27. The number of oxazole rings is 1. The van der Waals surface area contributed by atoms with Crippen LogP contribution in [0.2, 0.25) is 0 Å². The summed E-state index contributed by atoms with van der Waals surface area (Å²) >= 11 is 0. The zero-order valence-electron chi connectivity index (χ0n) is 11.2. The maximum atomic E-state index is 5.72. The largest absolute Gasteiger partial charge is 0.423 e. The Labute approximate surface area is 107 Å². The number of aromatic nitrogens is 1. The molecule has 0 unspecified atom stereocenters. The Morgan fingerprint density at radius 3 is 2.72 bits per heavy atom. The molecule has 2 aromatic rings. The van der Waals surface area contributed by atoms with Crippen LogP contribution in [-0.2, 0) is 0 Å². The average Bonchev–Trinajstić information content (AvgIpc) is 2.71. The van der Waals surface area contributed by atoms with Crippen LogP contribution in [0.25, 0.3) is 11.1 Å². The third-order valence-electron chi connectivity index (χ3n) is 2.83. The minimum absolute atomic E-state index is 0.648. The quantitative estimate of drug-likeness (QED) is 0.818. The fourth-order valence-corrected chi connectivity index (χ4v) is 1.81. The zero-order chi connectivity index (χ0) is 13.1. The van der Waals surface area contributed by atoms with Crippen molar-refractivity contribution in [2.75, 3.05) is 44.9 Å². The van der Waals surface area contributed by atoms with E-state index in [1.54, 1.807) is 6.07 Å². The number of rotatable bonds is 5. The predicted octanol–water partition coefficient (Wildman–Crippen LogP) is 1.80. The van der Waals surface area contributed by atoms with Crippen LogP contribution in [-0.4, -0.2) is 44.1 Å². The van der Waals surface area contributed by atoms with E-state index in [4.69, 9.17) is 10.2 Å². The molecule has 98 valence electrons. The van der Waals surface area contributed by atoms with Crippen molar-refractivity contribution in [2.24, 2.45) is 0 Å². The highest BCUT2D eigenvalue weighted by Gasteiger charge is 2.10. The van der Waals surface area contributed by atoms with Gasteiger partial charge in [-0.05, 0) is 39.2 Å². The van der Waals surface area contributed by atoms with E-state index in [1.165, 1.54) is 0 Å². The molecule has 18 heavy (non-hydrogen) atoms. The topological polar surface area (TPSA) is 58.5 Å². The van der Waals surface area contributed by atoms with Gasteiger partial charge in [0, 0.05) is 25.3 Å². The van der Waals surface area contributed by atoms with Gasteiger partial charge in [-0.25, -0.2) is 0 Å². The van der Waals surface area contributed by atoms with E-state index in [0.29, 0.717) is 11.7 Å². The van der Waals surface area contributed by atoms with Crippen molar-refractivity contribution in [2.45, 2.75) is 6.42 Å². The summed E-state index contributed by atoms with van der Waals surface area (Å²) in [6, 6.07) is 6.17. The molecule has 5 heteroatoms. The Morgan fingerprint density at radius 1 is 1.22 bits per heavy atom. The summed E-state index contributed by atoms with van der Waals surface area (Å²) < 4.78 is 5.69. The van der Waals surface area contributed by atoms with Gasteiger partial charge in [-0.1, -0.05) is 0 Å². The Kier molecular flexibility index (Phi) is 3.72. The minimum atomic E-state index is 0.648. The first-order valence-electron chi connectivity index (χ1n) is 6.08. The van der Waals surface area contributed by atoms with Crippen molar-refractivity contribution in [3.8, 4) is 0 Å². The summed E-state index contributed by atoms with van der Waals surface area (Å²) in [5, 5.41) is 0. The molecule has 2 rings (SSSR count). The van der Waals surface area contributed by atoms with Crippen LogP contribution in [0.5, 0.6) is 0 Å². The van der Waals surface area contributed by atoms with E-state index in [2.05, 4.69) is 24.0 Å². The number of nitrogens with zero attached hydrogens (tertiary/aromatic N) is 3. The van der Waals surface area contributed by atoms with Crippen LogP contribution in [0.3, 0.4) is 0 Å². The Hall–Kier alpha value is -1.75. The summed E-state index contributed by atoms with van der Waals surface area (Å²) in [6.07, 6.45) is 1.07. The summed E-state index contributed by atoms with van der Waals surface area (Å²) in [7, 11) is 6.13. The molecule has 0 spiro atoms. The first-order chi connectivity index (χ1) is 8.56. The van der Waals surface area contributed by atoms with Crippen molar-refractivity contribution in [1.29, 1.82) is 0 Å². The highest BCUT2D eigenvalue weighted by molar-refractivity contribution is 5.78. The predicted molar refractivity (Wildman–Crippen MR) is 74.9 cm³/mol. The molecule has 0 aliphatic heterocycles. The number of nitrogen functional groups attached to an aromatic ring is 1. The monoisotopic (exact) mass is 248 g/mol. The number of fused-ring (bicyclic) bond motifs is 1. The van der Waals surface area contributed by atoms with Crippen molar-refractivity contribution in [3.63, 3.8) is 0 Å². The van der Waals surface area contributed by atoms with Gasteiger partial charge >= 0.3 is 0 Å². The van der Waals surface area contributed by atoms with E-state index in [-0.39, 0.29) is 0 Å². The lowest BCUT2D eigenvalue weighted by molar-refractivity contribution is 0.399. The molecule has 0 saturated heterocycles. The van der Waals surface area contributed by atoms with Crippen molar-refractivity contribution in [1.82, 2.24) is 9.88 Å². The first-order valence-corrected chi connectivity index (χ1v) is 6.08. The highest BCUT2D eigenvalue weighted by Crippen LogP contribution is 2.23. The number of nitrogens with two attached hydrogens (primary N) is 1. The van der Waals surface area contributed by atoms with Gasteiger partial charge in [0.1, 0.15) is 5.52 Å². The van der Waals surface area contributed by atoms with Gasteiger partial charge in [-0.15, -0.1) is 0 Å². The summed E-state index contributed by atoms with van der Waals surface area (Å²) in [6.45, 7) is 1.97. The van der Waals surface area contributed by atoms with Gasteiger partial charge in [-0.2, -0.15) is 4.98 Å². The second-order valence-corrected chi connectivity index (χ2v) is 4.80. The lowest BCUT2D eigenvalue weighted by Gasteiger charge is -2.15. The lowest BCUT2D eigenvalue weighted by Crippen LogP contribution is -2.23. The van der Waals surface area contributed by atoms with Gasteiger partial charge in [0.15, 0.2) is 5.58 Å². The van der Waals surface area contributed by atoms with Crippen LogP contribution < -0.4 is 10.6 Å². The second-order valence-electron chi connectivity index (χ2n) is 4.80. The Bertz CT molecular complexity index is 521. The van der Waals surface area contributed by atoms with E-state index in [9.17, 15) is 0 Å². The maximum Gasteiger partial charge on any atom is 0.298 e. The fourth-order valence-electron chi connectivity index (χ4n) is 1.81. The first kappa shape index (κ1) is 12.7. The van der Waals surface area contributed by atoms with E-state index < -0.39 is 0 Å². The van der Waals surface area contributed by atoms with Crippen LogP contribution in [0.1, 0.15) is 6.42 Å². The highest BCUT2D eigenvalue weighted by atomic mass is 16.4. The van der Waals surface area contributed by atoms with Crippen molar-refractivity contribution < 1.29 is 4.42 Å². The summed E-state index contributed by atoms with van der Waals surface area (Å²) in [4.78, 5) is 8.64. The number of hydrogen-bond donors (Lipinski definition) is 1. The number of hydrogen-bond acceptors (Lipinski definition) is 5. The molecule has 5 nitrogen and oxygen atoms in total. The molecule has 2 N–H and O–H groups in total. The van der Waals surface area contributed by atoms with E-state index in [1.807, 2.05) is 24.1 Å². The molecule has 1 aromatic heterocycles. The maximum absolute atomic E-state index is 5.72. The van der Waals surface area contributed by atoms with Crippen LogP contribution in [0.4, 0.5) is 11.7 Å². The molecule has 1 aromatic carbocycles. The molecule has 1 heterocycles. The summed E-state index contributed by atoms with van der Waals surface area (Å²) in [5.41, 5.74) is 8.00. The molecule has 0 bridgehead atoms. The molecular weight excluding hydrogens is 228 g/mol. The molecule has 0 aliphatic carbocycles. The van der Waals surface area contributed by atoms with Crippen LogP contribution in [0, 0.1) is 0 Å². The standard InChI is InChI=1S/C13H20N4O/c1-16(2)7-4-8-17(3)13-15-11-6-5-10(14)9-12(11)18-13/h5-6,9H,4,7-8,14H2,1-3H3. The smallest absolute Gasteiger partial charge is 0.298 e. The average molecular weight is 248 g/mol. The van der Waals surface area contributed by atoms with Gasteiger partial charge in [0.05, 0.1) is 0 Å². The Balaban J connectivity index is 2.06. The number of anilines is 2. The van der Waals surface area contributed by atoms with Crippen LogP contribution >= 0.6 is 0 Å². The normalized spacial score (nSPS) is 11.3. The fraction of sp³-hybridized carbons (Fsp3) is 0.462. The third-order valence-corrected chi connectivity index (χ3v) is 2.83. The molecule has 0 radical (unpaired) electrons. The lowest BCUT2D eigenvalue weighted by atomic mass is 10.3. The Morgan fingerprint density at radius 2 is 2.00 bits per heavy atom. The van der Waals surface area contributed by atoms with Gasteiger partial charge in [0.2, 0.25) is 0 Å². The van der Waals surface area contributed by atoms with Crippen LogP contribution in [0.15, 0.2) is 22.6 Å². The summed E-state index contributed by atoms with van der Waals surface area (Å²) in [5.74, 6) is 0. The SMILES string of the molecule is CN(C)CCCN(C)c1nc2ccc(N)cc2o1. The van der Waals surface area contributed by atoms with Crippen molar-refractivity contribution in [3.05, 3.63) is 18.2 Å². The molecule has 0 saturated carbocycles. The molecule has 0 fully saturated rings. The third kappa shape index (κ3) is 2.92. The zero-order valence-corrected chi connectivity index (χ0v) is 11.2. The number of benzene rings is 1. The molecule has 0 amide bonds. The minimum Gasteiger partial charge on any atom is -0.423 e. The van der Waals surface area contributed by atoms with Gasteiger partial charge in [-0.3, -0.25) is 0 Å². The van der Waals surface area contributed by atoms with Gasteiger partial charge < -0.3 is 20.0 Å². The van der Waals surface area contributed by atoms with E-state index in [0.717, 1.165) is 30.6 Å². The molecular formula is C13H20N4O. The van der Waals surface area contributed by atoms with Crippen molar-refractivity contribution >= 4 is 22.8 Å².